The van der Waals surface area contributed by atoms with Gasteiger partial charge in [0.05, 0.1) is 6.61 Å². The predicted octanol–water partition coefficient (Wildman–Crippen LogP) is 1.39. The van der Waals surface area contributed by atoms with Crippen LogP contribution in [0.3, 0.4) is 0 Å². The first-order chi connectivity index (χ1) is 8.81. The van der Waals surface area contributed by atoms with E-state index in [1.54, 1.807) is 19.9 Å². The van der Waals surface area contributed by atoms with Crippen LogP contribution in [0.15, 0.2) is 24.0 Å². The number of carboxylic acid groups (broad SMARTS) is 1. The standard InChI is InChI=1S/C12H14O7/c1-12(2)8(18-11(16)19-12)4-3-7-17-10(15)6-5-9(13)14/h4-6H,3,7H2,1-2H3,(H,13,14)/b6-5+,8-4?. The molecule has 0 amide bonds. The van der Waals surface area contributed by atoms with E-state index in [2.05, 4.69) is 0 Å². The van der Waals surface area contributed by atoms with Crippen molar-refractivity contribution in [3.8, 4) is 0 Å². The highest BCUT2D eigenvalue weighted by atomic mass is 16.8. The van der Waals surface area contributed by atoms with Gasteiger partial charge in [-0.1, -0.05) is 0 Å². The third-order valence-corrected chi connectivity index (χ3v) is 2.18. The van der Waals surface area contributed by atoms with Gasteiger partial charge in [0, 0.05) is 18.6 Å². The van der Waals surface area contributed by atoms with Crippen LogP contribution >= 0.6 is 0 Å². The average molecular weight is 270 g/mol. The molecule has 0 aromatic rings. The average Bonchev–Trinajstić information content (AvgIpc) is 2.55. The number of rotatable bonds is 5. The fraction of sp³-hybridized carbons (Fsp3) is 0.417. The summed E-state index contributed by atoms with van der Waals surface area (Å²) >= 11 is 0. The van der Waals surface area contributed by atoms with E-state index in [0.717, 1.165) is 6.08 Å². The molecule has 0 radical (unpaired) electrons. The van der Waals surface area contributed by atoms with E-state index in [1.807, 2.05) is 0 Å². The summed E-state index contributed by atoms with van der Waals surface area (Å²) in [5, 5.41) is 8.29. The Balaban J connectivity index is 2.37. The molecular weight excluding hydrogens is 256 g/mol. The molecular formula is C12H14O7. The molecule has 0 saturated carbocycles. The number of cyclic esters (lactones) is 2. The second-order valence-corrected chi connectivity index (χ2v) is 4.16. The first-order valence-electron chi connectivity index (χ1n) is 5.50. The Hall–Kier alpha value is -2.31. The molecule has 1 saturated heterocycles. The Morgan fingerprint density at radius 3 is 2.58 bits per heavy atom. The predicted molar refractivity (Wildman–Crippen MR) is 62.1 cm³/mol. The lowest BCUT2D eigenvalue weighted by Crippen LogP contribution is -2.20. The normalized spacial score (nSPS) is 19.3. The maximum absolute atomic E-state index is 11.0. The highest BCUT2D eigenvalue weighted by Gasteiger charge is 2.38. The number of carbonyl (C=O) groups is 3. The number of carboxylic acids is 1. The van der Waals surface area contributed by atoms with E-state index in [0.29, 0.717) is 18.3 Å². The topological polar surface area (TPSA) is 99.1 Å². The summed E-state index contributed by atoms with van der Waals surface area (Å²) in [6.45, 7) is 3.39. The van der Waals surface area contributed by atoms with Gasteiger partial charge in [0.25, 0.3) is 0 Å². The third-order valence-electron chi connectivity index (χ3n) is 2.18. The smallest absolute Gasteiger partial charge is 0.478 e. The zero-order chi connectivity index (χ0) is 14.5. The van der Waals surface area contributed by atoms with Crippen molar-refractivity contribution in [2.45, 2.75) is 25.9 Å². The summed E-state index contributed by atoms with van der Waals surface area (Å²) in [5.41, 5.74) is -0.829. The van der Waals surface area contributed by atoms with E-state index in [4.69, 9.17) is 19.3 Å². The van der Waals surface area contributed by atoms with Crippen LogP contribution in [0.25, 0.3) is 0 Å². The van der Waals surface area contributed by atoms with Gasteiger partial charge in [0.2, 0.25) is 0 Å². The number of ether oxygens (including phenoxy) is 3. The zero-order valence-electron chi connectivity index (χ0n) is 10.5. The van der Waals surface area contributed by atoms with Gasteiger partial charge in [-0.15, -0.1) is 0 Å². The van der Waals surface area contributed by atoms with E-state index < -0.39 is 23.7 Å². The van der Waals surface area contributed by atoms with Crippen LogP contribution < -0.4 is 0 Å². The van der Waals surface area contributed by atoms with Gasteiger partial charge in [0.15, 0.2) is 11.4 Å². The molecule has 1 heterocycles. The number of carbonyl (C=O) groups excluding carboxylic acids is 2. The SMILES string of the molecule is CC1(C)OC(=O)OC1=CCCOC(=O)/C=C/C(=O)O. The molecule has 7 nitrogen and oxygen atoms in total. The van der Waals surface area contributed by atoms with Crippen molar-refractivity contribution in [1.29, 1.82) is 0 Å². The molecule has 0 aromatic carbocycles. The molecule has 0 aliphatic carbocycles. The third kappa shape index (κ3) is 4.82. The largest absolute Gasteiger partial charge is 0.514 e. The Morgan fingerprint density at radius 1 is 1.37 bits per heavy atom. The fourth-order valence-corrected chi connectivity index (χ4v) is 1.32. The molecule has 0 bridgehead atoms. The van der Waals surface area contributed by atoms with Crippen LogP contribution in [0.4, 0.5) is 4.79 Å². The first-order valence-corrected chi connectivity index (χ1v) is 5.50. The minimum Gasteiger partial charge on any atom is -0.478 e. The first kappa shape index (κ1) is 14.7. The van der Waals surface area contributed by atoms with Crippen LogP contribution in [0.5, 0.6) is 0 Å². The van der Waals surface area contributed by atoms with Crippen molar-refractivity contribution >= 4 is 18.1 Å². The molecule has 1 fully saturated rings. The van der Waals surface area contributed by atoms with E-state index in [9.17, 15) is 14.4 Å². The van der Waals surface area contributed by atoms with Crippen LogP contribution in [-0.4, -0.2) is 35.4 Å². The lowest BCUT2D eigenvalue weighted by molar-refractivity contribution is -0.138. The van der Waals surface area contributed by atoms with Gasteiger partial charge in [-0.3, -0.25) is 0 Å². The van der Waals surface area contributed by atoms with Gasteiger partial charge in [-0.2, -0.15) is 0 Å². The molecule has 19 heavy (non-hydrogen) atoms. The van der Waals surface area contributed by atoms with Crippen molar-refractivity contribution < 1.29 is 33.7 Å². The van der Waals surface area contributed by atoms with Gasteiger partial charge in [-0.25, -0.2) is 14.4 Å². The van der Waals surface area contributed by atoms with Crippen molar-refractivity contribution in [1.82, 2.24) is 0 Å². The number of esters is 1. The van der Waals surface area contributed by atoms with E-state index in [1.165, 1.54) is 0 Å². The lowest BCUT2D eigenvalue weighted by Gasteiger charge is -2.13. The van der Waals surface area contributed by atoms with Gasteiger partial charge in [0.1, 0.15) is 0 Å². The molecule has 104 valence electrons. The van der Waals surface area contributed by atoms with Crippen molar-refractivity contribution in [3.63, 3.8) is 0 Å². The molecule has 7 heteroatoms. The monoisotopic (exact) mass is 270 g/mol. The van der Waals surface area contributed by atoms with E-state index >= 15 is 0 Å². The molecule has 0 atom stereocenters. The summed E-state index contributed by atoms with van der Waals surface area (Å²) in [4.78, 5) is 32.1. The Kier molecular flexibility index (Phi) is 4.68. The Morgan fingerprint density at radius 2 is 2.05 bits per heavy atom. The molecule has 1 rings (SSSR count). The summed E-state index contributed by atoms with van der Waals surface area (Å²) in [6, 6.07) is 0. The number of aliphatic carboxylic acids is 1. The highest BCUT2D eigenvalue weighted by Crippen LogP contribution is 2.29. The Labute approximate surface area is 109 Å². The van der Waals surface area contributed by atoms with Gasteiger partial charge >= 0.3 is 18.1 Å². The van der Waals surface area contributed by atoms with Crippen molar-refractivity contribution in [3.05, 3.63) is 24.0 Å². The van der Waals surface area contributed by atoms with Gasteiger partial charge < -0.3 is 19.3 Å². The summed E-state index contributed by atoms with van der Waals surface area (Å²) in [6.07, 6.45) is 2.65. The maximum atomic E-state index is 11.0. The fourth-order valence-electron chi connectivity index (χ4n) is 1.32. The van der Waals surface area contributed by atoms with Crippen molar-refractivity contribution in [2.24, 2.45) is 0 Å². The van der Waals surface area contributed by atoms with Gasteiger partial charge in [-0.05, 0) is 19.9 Å². The minimum atomic E-state index is -1.23. The molecule has 1 aliphatic rings. The molecule has 1 N–H and O–H groups in total. The minimum absolute atomic E-state index is 0.0416. The van der Waals surface area contributed by atoms with Crippen LogP contribution in [0, 0.1) is 0 Å². The molecule has 0 spiro atoms. The van der Waals surface area contributed by atoms with E-state index in [-0.39, 0.29) is 6.61 Å². The second kappa shape index (κ2) is 6.03. The van der Waals surface area contributed by atoms with Crippen LogP contribution in [0.1, 0.15) is 20.3 Å². The molecule has 0 aromatic heterocycles. The summed E-state index contributed by atoms with van der Waals surface area (Å²) < 4.78 is 14.5. The highest BCUT2D eigenvalue weighted by molar-refractivity contribution is 5.90. The summed E-state index contributed by atoms with van der Waals surface area (Å²) in [5.74, 6) is -1.62. The maximum Gasteiger partial charge on any atom is 0.514 e. The molecule has 1 aliphatic heterocycles. The number of hydrogen-bond donors (Lipinski definition) is 1. The summed E-state index contributed by atoms with van der Waals surface area (Å²) in [7, 11) is 0. The number of hydrogen-bond acceptors (Lipinski definition) is 6. The van der Waals surface area contributed by atoms with Crippen LogP contribution in [-0.2, 0) is 23.8 Å². The van der Waals surface area contributed by atoms with Crippen LogP contribution in [0.2, 0.25) is 0 Å². The quantitative estimate of drug-likeness (QED) is 0.457. The Bertz CT molecular complexity index is 445. The zero-order valence-corrected chi connectivity index (χ0v) is 10.5. The van der Waals surface area contributed by atoms with Crippen molar-refractivity contribution in [2.75, 3.05) is 6.61 Å². The lowest BCUT2D eigenvalue weighted by atomic mass is 10.1. The molecule has 0 unspecified atom stereocenters. The second-order valence-electron chi connectivity index (χ2n) is 4.16.